The lowest BCUT2D eigenvalue weighted by Crippen LogP contribution is -2.31. The first-order valence-electron chi connectivity index (χ1n) is 42.8. The Morgan fingerprint density at radius 1 is 0.385 bits per heavy atom. The summed E-state index contributed by atoms with van der Waals surface area (Å²) in [4.78, 5) is 156. The molecule has 0 saturated heterocycles. The van der Waals surface area contributed by atoms with Gasteiger partial charge in [-0.2, -0.15) is 15.3 Å². The highest BCUT2D eigenvalue weighted by Crippen LogP contribution is 2.40. The average Bonchev–Trinajstić information content (AvgIpc) is 1.66. The number of aromatic nitrogens is 9. The number of ether oxygens (including phenoxy) is 4. The SMILES string of the molecule is Cc1c(C(=O)OC(C)(C)C)ccc2c1CC[C@@H]2NC(=O)c1cc(C(=O)NCc2ccc(F)c(F)c2)nc2c(C(=O)O)cnn12.Cc1c(C(=O)OC(C)(C)C)ccc2c1CC[C@@H]2NC(=O)c1cc(C(=O)NCc2ccc(F)c(F)c2)nc2c(N)cnn12.Cc1c(C(=O)OC(C)(C)C)ccc2c1CC[C@@H]2NC(=O)c1cc(C(=O)NCc2ccc(F)c(F)c2)nc2c(NC(=O)OC(C)(C)C)cnn12. The molecule has 0 aliphatic heterocycles. The van der Waals surface area contributed by atoms with Crippen LogP contribution in [0.4, 0.5) is 42.5 Å². The highest BCUT2D eigenvalue weighted by atomic mass is 19.2. The van der Waals surface area contributed by atoms with Gasteiger partial charge < -0.3 is 61.7 Å². The summed E-state index contributed by atoms with van der Waals surface area (Å²) in [6.07, 6.45) is 6.39. The fourth-order valence-electron chi connectivity index (χ4n) is 15.6. The van der Waals surface area contributed by atoms with Crippen LogP contribution in [0.15, 0.2) is 128 Å². The van der Waals surface area contributed by atoms with Crippen LogP contribution >= 0.6 is 0 Å². The van der Waals surface area contributed by atoms with E-state index in [1.54, 1.807) is 92.6 Å². The van der Waals surface area contributed by atoms with Crippen molar-refractivity contribution in [1.29, 1.82) is 0 Å². The van der Waals surface area contributed by atoms with Crippen LogP contribution in [0.5, 0.6) is 0 Å². The number of carboxylic acid groups (broad SMARTS) is 1. The number of hydrogen-bond donors (Lipinski definition) is 9. The maximum absolute atomic E-state index is 13.9. The van der Waals surface area contributed by atoms with Gasteiger partial charge in [0.15, 0.2) is 51.8 Å². The van der Waals surface area contributed by atoms with Crippen LogP contribution in [-0.4, -0.2) is 137 Å². The van der Waals surface area contributed by atoms with Crippen LogP contribution in [0.25, 0.3) is 16.9 Å². The first kappa shape index (κ1) is 97.1. The number of carboxylic acids is 1. The van der Waals surface area contributed by atoms with Crippen molar-refractivity contribution in [2.24, 2.45) is 0 Å². The predicted octanol–water partition coefficient (Wildman–Crippen LogP) is 14.5. The Morgan fingerprint density at radius 2 is 0.696 bits per heavy atom. The van der Waals surface area contributed by atoms with Gasteiger partial charge in [-0.15, -0.1) is 0 Å². The van der Waals surface area contributed by atoms with Crippen LogP contribution in [0.2, 0.25) is 0 Å². The molecule has 0 saturated carbocycles. The normalized spacial score (nSPS) is 14.3. The smallest absolute Gasteiger partial charge is 0.412 e. The van der Waals surface area contributed by atoms with Crippen molar-refractivity contribution in [3.8, 4) is 0 Å². The number of nitrogens with zero attached hydrogens (tertiary/aromatic N) is 9. The highest BCUT2D eigenvalue weighted by Gasteiger charge is 2.37. The molecular formula is C96H97F6N17O16. The summed E-state index contributed by atoms with van der Waals surface area (Å²) in [6, 6.07) is 22.7. The maximum atomic E-state index is 13.9. The van der Waals surface area contributed by atoms with E-state index in [0.717, 1.165) is 97.2 Å². The third kappa shape index (κ3) is 22.5. The van der Waals surface area contributed by atoms with E-state index in [0.29, 0.717) is 66.3 Å². The third-order valence-corrected chi connectivity index (χ3v) is 21.9. The van der Waals surface area contributed by atoms with Gasteiger partial charge in [-0.05, 0) is 264 Å². The van der Waals surface area contributed by atoms with Crippen molar-refractivity contribution in [3.63, 3.8) is 0 Å². The number of halogens is 6. The fraction of sp³-hybridized carbons (Fsp3) is 0.323. The summed E-state index contributed by atoms with van der Waals surface area (Å²) in [5.74, 6) is -12.7. The van der Waals surface area contributed by atoms with Crippen molar-refractivity contribution >= 4 is 93.7 Å². The zero-order chi connectivity index (χ0) is 98.1. The Bertz CT molecular complexity index is 6840. The lowest BCUT2D eigenvalue weighted by molar-refractivity contribution is 0.00559. The summed E-state index contributed by atoms with van der Waals surface area (Å²) in [5.41, 5.74) is 12.3. The second-order valence-electron chi connectivity index (χ2n) is 36.3. The molecule has 39 heteroatoms. The quantitative estimate of drug-likeness (QED) is 0.0194. The first-order valence-corrected chi connectivity index (χ1v) is 42.8. The number of hydrogen-bond acceptors (Lipinski definition) is 22. The molecule has 3 atom stereocenters. The molecule has 3 aliphatic rings. The van der Waals surface area contributed by atoms with Gasteiger partial charge in [0, 0.05) is 37.8 Å². The van der Waals surface area contributed by atoms with E-state index in [4.69, 9.17) is 24.7 Å². The number of anilines is 2. The summed E-state index contributed by atoms with van der Waals surface area (Å²) >= 11 is 0. The Morgan fingerprint density at radius 3 is 1.03 bits per heavy atom. The molecule has 6 aromatic heterocycles. The zero-order valence-electron chi connectivity index (χ0n) is 76.2. The van der Waals surface area contributed by atoms with Gasteiger partial charge in [0.1, 0.15) is 67.8 Å². The molecule has 33 nitrogen and oxygen atoms in total. The van der Waals surface area contributed by atoms with Gasteiger partial charge >= 0.3 is 30.0 Å². The van der Waals surface area contributed by atoms with E-state index < -0.39 is 135 Å². The van der Waals surface area contributed by atoms with Crippen molar-refractivity contribution in [2.75, 3.05) is 11.1 Å². The molecule has 3 aliphatic carbocycles. The molecule has 0 spiro atoms. The van der Waals surface area contributed by atoms with Crippen LogP contribution in [0.1, 0.15) is 292 Å². The largest absolute Gasteiger partial charge is 0.477 e. The number of benzene rings is 6. The minimum Gasteiger partial charge on any atom is -0.477 e. The van der Waals surface area contributed by atoms with Crippen LogP contribution in [-0.2, 0) is 57.8 Å². The van der Waals surface area contributed by atoms with Gasteiger partial charge in [0.2, 0.25) is 0 Å². The number of carbonyl (C=O) groups is 11. The lowest BCUT2D eigenvalue weighted by atomic mass is 9.97. The summed E-state index contributed by atoms with van der Waals surface area (Å²) < 4.78 is 106. The molecule has 135 heavy (non-hydrogen) atoms. The second kappa shape index (κ2) is 38.8. The standard InChI is InChI=1S/C35H38F2N6O6.C31H29F2N5O6.C30H30F2N6O4/c1-18-20-11-13-25(22(20)10-9-21(18)32(46)48-34(2,3)4)41-31(45)28-15-26(30(44)38-16-19-8-12-23(36)24(37)14-19)40-29-27(17-39-43(28)29)42-33(47)49-35(5,6)7;1-15-17-8-10-23(19(17)7-6-18(15)30(43)44-31(2,3)4)37-28(40)25-12-24(36-26-20(29(41)42)14-35-38(25)26)27(39)34-13-16-5-9-21(32)22(33)11-16;1-15-17-8-10-23(19(17)7-6-18(15)29(41)42-30(2,3)4)37-28(40)25-12-24(36-26-22(33)14-35-38(25)26)27(39)34-13-16-5-9-20(31)21(32)11-16/h8-10,12,14-15,17,25H,11,13,16H2,1-7H3,(H,38,44)(H,41,45)(H,42,47);5-7,9,11-12,14,23H,8,10,13H2,1-4H3,(H,34,39)(H,37,40)(H,41,42);5-7,9,11-12,14,23H,8,10,13,33H2,1-4H3,(H,34,39)(H,37,40)/t25-;2*23-/m000/s1. The number of nitrogens with two attached hydrogens (primary N) is 1. The Kier molecular flexibility index (Phi) is 27.9. The van der Waals surface area contributed by atoms with E-state index in [1.807, 2.05) is 47.6 Å². The Labute approximate surface area is 768 Å². The molecule has 704 valence electrons. The van der Waals surface area contributed by atoms with Gasteiger partial charge in [-0.25, -0.2) is 78.8 Å². The Hall–Kier alpha value is -15.5. The molecular weight excluding hydrogens is 1760 g/mol. The fourth-order valence-corrected chi connectivity index (χ4v) is 15.6. The summed E-state index contributed by atoms with van der Waals surface area (Å²) in [6.45, 7) is 26.4. The van der Waals surface area contributed by atoms with E-state index in [1.165, 1.54) is 57.8 Å². The predicted molar refractivity (Wildman–Crippen MR) is 477 cm³/mol. The highest BCUT2D eigenvalue weighted by molar-refractivity contribution is 6.04. The Balaban J connectivity index is 0.000000172. The van der Waals surface area contributed by atoms with Crippen LogP contribution < -0.4 is 43.0 Å². The minimum absolute atomic E-state index is 0.0128. The number of nitrogens with one attached hydrogen (secondary N) is 7. The third-order valence-electron chi connectivity index (χ3n) is 21.9. The molecule has 12 aromatic rings. The van der Waals surface area contributed by atoms with Crippen molar-refractivity contribution < 1.29 is 103 Å². The summed E-state index contributed by atoms with van der Waals surface area (Å²) in [5, 5.41) is 41.3. The first-order chi connectivity index (χ1) is 63.4. The molecule has 6 aromatic carbocycles. The number of esters is 3. The van der Waals surface area contributed by atoms with Crippen molar-refractivity contribution in [2.45, 2.75) is 203 Å². The van der Waals surface area contributed by atoms with Crippen LogP contribution in [0.3, 0.4) is 0 Å². The zero-order valence-corrected chi connectivity index (χ0v) is 76.2. The summed E-state index contributed by atoms with van der Waals surface area (Å²) in [7, 11) is 0. The molecule has 0 radical (unpaired) electrons. The average molecular weight is 1860 g/mol. The molecule has 0 bridgehead atoms. The van der Waals surface area contributed by atoms with E-state index in [-0.39, 0.29) is 99.3 Å². The number of fused-ring (bicyclic) bond motifs is 6. The van der Waals surface area contributed by atoms with Gasteiger partial charge in [-0.3, -0.25) is 34.1 Å². The lowest BCUT2D eigenvalue weighted by Gasteiger charge is -2.21. The van der Waals surface area contributed by atoms with Crippen LogP contribution in [0, 0.1) is 55.7 Å². The molecule has 6 heterocycles. The van der Waals surface area contributed by atoms with E-state index in [2.05, 4.69) is 67.5 Å². The van der Waals surface area contributed by atoms with Gasteiger partial charge in [0.25, 0.3) is 35.4 Å². The van der Waals surface area contributed by atoms with Crippen molar-refractivity contribution in [1.82, 2.24) is 75.7 Å². The number of aromatic carboxylic acids is 1. The van der Waals surface area contributed by atoms with E-state index in [9.17, 15) is 84.2 Å². The molecule has 7 amide bonds. The minimum atomic E-state index is -1.36. The monoisotopic (exact) mass is 1860 g/mol. The number of amides is 7. The molecule has 0 unspecified atom stereocenters. The van der Waals surface area contributed by atoms with Crippen molar-refractivity contribution in [3.05, 3.63) is 286 Å². The van der Waals surface area contributed by atoms with Gasteiger partial charge in [-0.1, -0.05) is 36.4 Å². The topological polar surface area (TPSA) is 446 Å². The number of nitrogen functional groups attached to an aromatic ring is 1. The van der Waals surface area contributed by atoms with E-state index >= 15 is 0 Å². The number of carbonyl (C=O) groups excluding carboxylic acids is 10. The molecule has 15 rings (SSSR count). The second-order valence-corrected chi connectivity index (χ2v) is 36.3. The molecule has 0 fully saturated rings. The maximum Gasteiger partial charge on any atom is 0.412 e. The number of rotatable bonds is 20. The molecule has 10 N–H and O–H groups in total. The van der Waals surface area contributed by atoms with Gasteiger partial charge in [0.05, 0.1) is 59.1 Å².